The summed E-state index contributed by atoms with van der Waals surface area (Å²) in [5.74, 6) is -3.44. The van der Waals surface area contributed by atoms with E-state index in [1.165, 1.54) is 25.3 Å². The summed E-state index contributed by atoms with van der Waals surface area (Å²) in [5, 5.41) is 2.37. The Morgan fingerprint density at radius 3 is 2.33 bits per heavy atom. The third-order valence-corrected chi connectivity index (χ3v) is 4.66. The lowest BCUT2D eigenvalue weighted by molar-refractivity contribution is -0.115. The lowest BCUT2D eigenvalue weighted by atomic mass is 10.1. The van der Waals surface area contributed by atoms with Crippen LogP contribution in [0.2, 0.25) is 0 Å². The van der Waals surface area contributed by atoms with E-state index in [0.29, 0.717) is 11.3 Å². The Hall–Kier alpha value is -2.48. The van der Waals surface area contributed by atoms with Crippen LogP contribution >= 0.6 is 0 Å². The molecule has 0 spiro atoms. The van der Waals surface area contributed by atoms with Crippen molar-refractivity contribution in [3.8, 4) is 5.75 Å². The highest BCUT2D eigenvalue weighted by Crippen LogP contribution is 2.26. The second-order valence-electron chi connectivity index (χ2n) is 4.87. The number of sulfone groups is 1. The van der Waals surface area contributed by atoms with Crippen molar-refractivity contribution in [2.24, 2.45) is 0 Å². The fraction of sp³-hybridized carbons (Fsp3) is 0.188. The minimum absolute atomic E-state index is 0.0347. The number of ether oxygens (including phenoxy) is 1. The van der Waals surface area contributed by atoms with Gasteiger partial charge >= 0.3 is 5.76 Å². The van der Waals surface area contributed by atoms with Gasteiger partial charge < -0.3 is 10.1 Å². The zero-order valence-corrected chi connectivity index (χ0v) is 13.5. The number of amides is 1. The Labute approximate surface area is 138 Å². The molecular formula is C16H15F2NO4S. The predicted molar refractivity (Wildman–Crippen MR) is 85.0 cm³/mol. The number of hydrogen-bond donors (Lipinski definition) is 1. The summed E-state index contributed by atoms with van der Waals surface area (Å²) in [6.45, 7) is 0. The van der Waals surface area contributed by atoms with Crippen LogP contribution in [0.15, 0.2) is 53.4 Å². The number of anilines is 1. The minimum atomic E-state index is -4.80. The molecule has 2 rings (SSSR count). The van der Waals surface area contributed by atoms with Gasteiger partial charge in [-0.25, -0.2) is 8.42 Å². The normalized spacial score (nSPS) is 11.3. The lowest BCUT2D eigenvalue weighted by Gasteiger charge is -2.11. The van der Waals surface area contributed by atoms with Crippen molar-refractivity contribution < 1.29 is 26.7 Å². The van der Waals surface area contributed by atoms with Gasteiger partial charge in [0, 0.05) is 0 Å². The lowest BCUT2D eigenvalue weighted by Crippen LogP contribution is -2.19. The van der Waals surface area contributed by atoms with E-state index in [0.717, 1.165) is 6.07 Å². The van der Waals surface area contributed by atoms with Crippen molar-refractivity contribution in [3.63, 3.8) is 0 Å². The number of halogens is 2. The van der Waals surface area contributed by atoms with Gasteiger partial charge in [0.25, 0.3) is 0 Å². The second-order valence-corrected chi connectivity index (χ2v) is 6.76. The van der Waals surface area contributed by atoms with Crippen molar-refractivity contribution in [1.82, 2.24) is 0 Å². The average molecular weight is 355 g/mol. The summed E-state index contributed by atoms with van der Waals surface area (Å²) in [7, 11) is -3.28. The van der Waals surface area contributed by atoms with Crippen molar-refractivity contribution in [2.75, 3.05) is 12.4 Å². The number of nitrogens with one attached hydrogen (secondary N) is 1. The van der Waals surface area contributed by atoms with Gasteiger partial charge in [0.1, 0.15) is 5.75 Å². The summed E-state index contributed by atoms with van der Waals surface area (Å²) in [5.41, 5.74) is 0.499. The molecule has 24 heavy (non-hydrogen) atoms. The molecular weight excluding hydrogens is 340 g/mol. The highest BCUT2D eigenvalue weighted by molar-refractivity contribution is 7.91. The van der Waals surface area contributed by atoms with Gasteiger partial charge in [0.15, 0.2) is 0 Å². The number of alkyl halides is 2. The third kappa shape index (κ3) is 4.08. The summed E-state index contributed by atoms with van der Waals surface area (Å²) in [6, 6.07) is 11.8. The zero-order chi connectivity index (χ0) is 17.7. The molecule has 0 radical (unpaired) electrons. The SMILES string of the molecule is COc1ccc(CC(=O)Nc2ccccc2S(=O)(=O)C(F)F)cc1. The molecule has 8 heteroatoms. The largest absolute Gasteiger partial charge is 0.497 e. The first-order valence-electron chi connectivity index (χ1n) is 6.88. The van der Waals surface area contributed by atoms with Crippen LogP contribution in [0, 0.1) is 0 Å². The number of hydrogen-bond acceptors (Lipinski definition) is 4. The molecule has 0 aromatic heterocycles. The zero-order valence-electron chi connectivity index (χ0n) is 12.7. The molecule has 0 bridgehead atoms. The molecule has 1 N–H and O–H groups in total. The quantitative estimate of drug-likeness (QED) is 0.865. The Balaban J connectivity index is 2.17. The monoisotopic (exact) mass is 355 g/mol. The van der Waals surface area contributed by atoms with E-state index < -0.39 is 26.4 Å². The first-order chi connectivity index (χ1) is 11.3. The molecule has 0 aliphatic rings. The van der Waals surface area contributed by atoms with Gasteiger partial charge in [-0.3, -0.25) is 4.79 Å². The Kier molecular flexibility index (Phi) is 5.50. The maximum Gasteiger partial charge on any atom is 0.341 e. The van der Waals surface area contributed by atoms with Gasteiger partial charge in [-0.15, -0.1) is 0 Å². The van der Waals surface area contributed by atoms with Crippen LogP contribution in [0.1, 0.15) is 5.56 Å². The summed E-state index contributed by atoms with van der Waals surface area (Å²) < 4.78 is 53.7. The van der Waals surface area contributed by atoms with Crippen LogP contribution in [0.4, 0.5) is 14.5 Å². The number of benzene rings is 2. The predicted octanol–water partition coefficient (Wildman–Crippen LogP) is 2.87. The summed E-state index contributed by atoms with van der Waals surface area (Å²) >= 11 is 0. The topological polar surface area (TPSA) is 72.5 Å². The van der Waals surface area contributed by atoms with Crippen LogP contribution in [0.3, 0.4) is 0 Å². The maximum absolute atomic E-state index is 12.7. The van der Waals surface area contributed by atoms with Crippen LogP contribution in [0.25, 0.3) is 0 Å². The fourth-order valence-electron chi connectivity index (χ4n) is 2.04. The Morgan fingerprint density at radius 2 is 1.75 bits per heavy atom. The second kappa shape index (κ2) is 7.39. The van der Waals surface area contributed by atoms with E-state index in [-0.39, 0.29) is 12.1 Å². The molecule has 1 amide bonds. The molecule has 0 saturated heterocycles. The molecule has 0 aliphatic carbocycles. The molecule has 0 saturated carbocycles. The smallest absolute Gasteiger partial charge is 0.341 e. The van der Waals surface area contributed by atoms with Crippen molar-refractivity contribution in [2.45, 2.75) is 17.1 Å². The van der Waals surface area contributed by atoms with Crippen LogP contribution < -0.4 is 10.1 Å². The minimum Gasteiger partial charge on any atom is -0.497 e. The van der Waals surface area contributed by atoms with Crippen LogP contribution in [-0.2, 0) is 21.1 Å². The van der Waals surface area contributed by atoms with E-state index in [4.69, 9.17) is 4.74 Å². The molecule has 0 unspecified atom stereocenters. The fourth-order valence-corrected chi connectivity index (χ4v) is 2.92. The van der Waals surface area contributed by atoms with Crippen molar-refractivity contribution in [3.05, 3.63) is 54.1 Å². The molecule has 2 aromatic rings. The number of rotatable bonds is 6. The van der Waals surface area contributed by atoms with E-state index in [1.54, 1.807) is 24.3 Å². The van der Waals surface area contributed by atoms with Gasteiger partial charge in [-0.1, -0.05) is 24.3 Å². The maximum atomic E-state index is 12.7. The van der Waals surface area contributed by atoms with Gasteiger partial charge in [-0.2, -0.15) is 8.78 Å². The highest BCUT2D eigenvalue weighted by Gasteiger charge is 2.29. The van der Waals surface area contributed by atoms with E-state index in [1.807, 2.05) is 0 Å². The number of methoxy groups -OCH3 is 1. The molecule has 128 valence electrons. The van der Waals surface area contributed by atoms with Gasteiger partial charge in [0.2, 0.25) is 15.7 Å². The van der Waals surface area contributed by atoms with E-state index in [2.05, 4.69) is 5.32 Å². The first-order valence-corrected chi connectivity index (χ1v) is 8.43. The first kappa shape index (κ1) is 17.9. The van der Waals surface area contributed by atoms with E-state index in [9.17, 15) is 22.0 Å². The molecule has 0 heterocycles. The van der Waals surface area contributed by atoms with Crippen molar-refractivity contribution in [1.29, 1.82) is 0 Å². The van der Waals surface area contributed by atoms with Gasteiger partial charge in [0.05, 0.1) is 24.1 Å². The Bertz CT molecular complexity index is 820. The Morgan fingerprint density at radius 1 is 1.12 bits per heavy atom. The third-order valence-electron chi connectivity index (χ3n) is 3.23. The summed E-state index contributed by atoms with van der Waals surface area (Å²) in [4.78, 5) is 11.5. The standard InChI is InChI=1S/C16H15F2NO4S/c1-23-12-8-6-11(7-9-12)10-15(20)19-13-4-2-3-5-14(13)24(21,22)16(17)18/h2-9,16H,10H2,1H3,(H,19,20). The van der Waals surface area contributed by atoms with Crippen LogP contribution in [0.5, 0.6) is 5.75 Å². The van der Waals surface area contributed by atoms with Crippen molar-refractivity contribution >= 4 is 21.4 Å². The van der Waals surface area contributed by atoms with E-state index >= 15 is 0 Å². The highest BCUT2D eigenvalue weighted by atomic mass is 32.2. The molecule has 0 fully saturated rings. The average Bonchev–Trinajstić information content (AvgIpc) is 2.55. The van der Waals surface area contributed by atoms with Gasteiger partial charge in [-0.05, 0) is 29.8 Å². The molecule has 0 aliphatic heterocycles. The molecule has 5 nitrogen and oxygen atoms in total. The molecule has 0 atom stereocenters. The van der Waals surface area contributed by atoms with Crippen LogP contribution in [-0.4, -0.2) is 27.2 Å². The number of para-hydroxylation sites is 1. The number of carbonyl (C=O) groups is 1. The number of carbonyl (C=O) groups excluding carboxylic acids is 1. The molecule has 2 aromatic carbocycles. The summed E-state index contributed by atoms with van der Waals surface area (Å²) in [6.07, 6.45) is -0.0347.